The molecule has 0 aliphatic heterocycles. The van der Waals surface area contributed by atoms with Crippen molar-refractivity contribution < 1.29 is 9.18 Å². The largest absolute Gasteiger partial charge is 0.383 e. The Bertz CT molecular complexity index is 317. The molecule has 4 nitrogen and oxygen atoms in total. The molecule has 1 aromatic rings. The molecule has 0 spiro atoms. The van der Waals surface area contributed by atoms with Gasteiger partial charge in [-0.05, 0) is 6.07 Å². The van der Waals surface area contributed by atoms with Crippen LogP contribution in [0.25, 0.3) is 0 Å². The molecule has 0 bridgehead atoms. The van der Waals surface area contributed by atoms with Gasteiger partial charge in [0.05, 0.1) is 0 Å². The van der Waals surface area contributed by atoms with Crippen LogP contribution in [0.1, 0.15) is 6.92 Å². The van der Waals surface area contributed by atoms with Gasteiger partial charge in [0.2, 0.25) is 11.9 Å². The average Bonchev–Trinajstić information content (AvgIpc) is 2.12. The summed E-state index contributed by atoms with van der Waals surface area (Å²) < 4.78 is 12.6. The molecule has 0 unspecified atom stereocenters. The van der Waals surface area contributed by atoms with Crippen molar-refractivity contribution in [1.29, 1.82) is 0 Å². The number of pyridine rings is 1. The highest BCUT2D eigenvalue weighted by Crippen LogP contribution is 2.05. The fourth-order valence-corrected chi connectivity index (χ4v) is 0.958. The highest BCUT2D eigenvalue weighted by atomic mass is 19.1. The lowest BCUT2D eigenvalue weighted by molar-refractivity contribution is -0.118. The van der Waals surface area contributed by atoms with Crippen molar-refractivity contribution in [2.45, 2.75) is 6.92 Å². The lowest BCUT2D eigenvalue weighted by Gasteiger charge is -2.05. The summed E-state index contributed by atoms with van der Waals surface area (Å²) in [6.07, 6.45) is 1.38. The number of nitrogens with zero attached hydrogens (tertiary/aromatic N) is 1. The van der Waals surface area contributed by atoms with Gasteiger partial charge in [-0.25, -0.2) is 4.98 Å². The first-order valence-corrected chi connectivity index (χ1v) is 4.28. The Morgan fingerprint density at radius 1 is 1.57 bits per heavy atom. The molecule has 14 heavy (non-hydrogen) atoms. The van der Waals surface area contributed by atoms with Gasteiger partial charge in [-0.1, -0.05) is 0 Å². The van der Waals surface area contributed by atoms with E-state index in [1.54, 1.807) is 6.07 Å². The first-order chi connectivity index (χ1) is 6.68. The summed E-state index contributed by atoms with van der Waals surface area (Å²) >= 11 is 0. The summed E-state index contributed by atoms with van der Waals surface area (Å²) in [7, 11) is 0. The maximum Gasteiger partial charge on any atom is 0.216 e. The number of hydrogen-bond acceptors (Lipinski definition) is 3. The van der Waals surface area contributed by atoms with E-state index in [0.29, 0.717) is 18.8 Å². The summed E-state index contributed by atoms with van der Waals surface area (Å²) in [6.45, 7) is 2.52. The molecule has 0 aliphatic carbocycles. The molecule has 0 saturated heterocycles. The number of halogens is 1. The molecule has 76 valence electrons. The van der Waals surface area contributed by atoms with Crippen LogP contribution in [-0.4, -0.2) is 24.0 Å². The van der Waals surface area contributed by atoms with E-state index in [1.165, 1.54) is 19.2 Å². The van der Waals surface area contributed by atoms with Gasteiger partial charge >= 0.3 is 0 Å². The fraction of sp³-hybridized carbons (Fsp3) is 0.333. The van der Waals surface area contributed by atoms with Gasteiger partial charge in [0.25, 0.3) is 0 Å². The van der Waals surface area contributed by atoms with E-state index >= 15 is 0 Å². The SMILES string of the molecule is CC(=O)NCCNc1ccnc(F)c1. The third kappa shape index (κ3) is 3.84. The smallest absolute Gasteiger partial charge is 0.216 e. The predicted molar refractivity (Wildman–Crippen MR) is 51.4 cm³/mol. The monoisotopic (exact) mass is 197 g/mol. The zero-order chi connectivity index (χ0) is 10.4. The summed E-state index contributed by atoms with van der Waals surface area (Å²) in [5, 5.41) is 5.57. The Morgan fingerprint density at radius 3 is 3.00 bits per heavy atom. The summed E-state index contributed by atoms with van der Waals surface area (Å²) in [4.78, 5) is 13.9. The van der Waals surface area contributed by atoms with E-state index in [9.17, 15) is 9.18 Å². The van der Waals surface area contributed by atoms with Crippen molar-refractivity contribution in [2.75, 3.05) is 18.4 Å². The molecule has 0 aliphatic rings. The van der Waals surface area contributed by atoms with E-state index in [1.807, 2.05) is 0 Å². The maximum absolute atomic E-state index is 12.6. The van der Waals surface area contributed by atoms with Gasteiger partial charge < -0.3 is 10.6 Å². The van der Waals surface area contributed by atoms with Crippen LogP contribution in [0, 0.1) is 5.95 Å². The second-order valence-corrected chi connectivity index (χ2v) is 2.78. The number of aromatic nitrogens is 1. The third-order valence-electron chi connectivity index (χ3n) is 1.55. The number of amides is 1. The Balaban J connectivity index is 2.28. The zero-order valence-corrected chi connectivity index (χ0v) is 7.88. The van der Waals surface area contributed by atoms with Crippen LogP contribution in [0.15, 0.2) is 18.3 Å². The number of nitrogens with one attached hydrogen (secondary N) is 2. The molecule has 0 radical (unpaired) electrons. The lowest BCUT2D eigenvalue weighted by Crippen LogP contribution is -2.26. The van der Waals surface area contributed by atoms with Crippen LogP contribution in [-0.2, 0) is 4.79 Å². The number of hydrogen-bond donors (Lipinski definition) is 2. The van der Waals surface area contributed by atoms with Crippen molar-refractivity contribution in [3.8, 4) is 0 Å². The quantitative estimate of drug-likeness (QED) is 0.553. The van der Waals surface area contributed by atoms with E-state index < -0.39 is 5.95 Å². The van der Waals surface area contributed by atoms with Crippen LogP contribution in [0.5, 0.6) is 0 Å². The van der Waals surface area contributed by atoms with Crippen molar-refractivity contribution in [3.63, 3.8) is 0 Å². The van der Waals surface area contributed by atoms with Gasteiger partial charge in [0.15, 0.2) is 0 Å². The molecule has 1 amide bonds. The first-order valence-electron chi connectivity index (χ1n) is 4.28. The molecule has 1 rings (SSSR count). The second kappa shape index (κ2) is 5.16. The highest BCUT2D eigenvalue weighted by Gasteiger charge is 1.95. The zero-order valence-electron chi connectivity index (χ0n) is 7.88. The molecular weight excluding hydrogens is 185 g/mol. The minimum absolute atomic E-state index is 0.0762. The van der Waals surface area contributed by atoms with Crippen molar-refractivity contribution in [2.24, 2.45) is 0 Å². The normalized spacial score (nSPS) is 9.57. The van der Waals surface area contributed by atoms with Gasteiger partial charge in [-0.3, -0.25) is 4.79 Å². The molecule has 1 aromatic heterocycles. The van der Waals surface area contributed by atoms with E-state index in [2.05, 4.69) is 15.6 Å². The topological polar surface area (TPSA) is 54.0 Å². The Hall–Kier alpha value is -1.65. The fourth-order valence-electron chi connectivity index (χ4n) is 0.958. The van der Waals surface area contributed by atoms with Crippen LogP contribution in [0.2, 0.25) is 0 Å². The van der Waals surface area contributed by atoms with Crippen molar-refractivity contribution in [1.82, 2.24) is 10.3 Å². The van der Waals surface area contributed by atoms with Gasteiger partial charge in [-0.2, -0.15) is 4.39 Å². The average molecular weight is 197 g/mol. The van der Waals surface area contributed by atoms with Crippen LogP contribution in [0.4, 0.5) is 10.1 Å². The molecule has 0 saturated carbocycles. The number of carbonyl (C=O) groups excluding carboxylic acids is 1. The van der Waals surface area contributed by atoms with Crippen molar-refractivity contribution >= 4 is 11.6 Å². The van der Waals surface area contributed by atoms with E-state index in [-0.39, 0.29) is 5.91 Å². The van der Waals surface area contributed by atoms with Crippen LogP contribution < -0.4 is 10.6 Å². The first kappa shape index (κ1) is 10.4. The maximum atomic E-state index is 12.6. The van der Waals surface area contributed by atoms with E-state index in [4.69, 9.17) is 0 Å². The Morgan fingerprint density at radius 2 is 2.36 bits per heavy atom. The predicted octanol–water partition coefficient (Wildman–Crippen LogP) is 0.769. The Labute approximate surface area is 81.5 Å². The molecule has 0 fully saturated rings. The standard InChI is InChI=1S/C9H12FN3O/c1-7(14)11-4-5-12-8-2-3-13-9(10)6-8/h2-3,6H,4-5H2,1H3,(H,11,14)(H,12,13). The Kier molecular flexibility index (Phi) is 3.84. The summed E-state index contributed by atoms with van der Waals surface area (Å²) in [6, 6.07) is 2.96. The summed E-state index contributed by atoms with van der Waals surface area (Å²) in [5.41, 5.74) is 0.655. The van der Waals surface area contributed by atoms with Gasteiger partial charge in [-0.15, -0.1) is 0 Å². The summed E-state index contributed by atoms with van der Waals surface area (Å²) in [5.74, 6) is -0.595. The van der Waals surface area contributed by atoms with E-state index in [0.717, 1.165) is 0 Å². The lowest BCUT2D eigenvalue weighted by atomic mass is 10.4. The molecule has 0 atom stereocenters. The van der Waals surface area contributed by atoms with Gasteiger partial charge in [0.1, 0.15) is 0 Å². The third-order valence-corrected chi connectivity index (χ3v) is 1.55. The van der Waals surface area contributed by atoms with Crippen molar-refractivity contribution in [3.05, 3.63) is 24.3 Å². The highest BCUT2D eigenvalue weighted by molar-refractivity contribution is 5.72. The number of rotatable bonds is 4. The molecule has 2 N–H and O–H groups in total. The van der Waals surface area contributed by atoms with Gasteiger partial charge in [0, 0.05) is 38.0 Å². The molecule has 0 aromatic carbocycles. The second-order valence-electron chi connectivity index (χ2n) is 2.78. The molecule has 1 heterocycles. The minimum atomic E-state index is -0.519. The molecular formula is C9H12FN3O. The number of anilines is 1. The van der Waals surface area contributed by atoms with Crippen LogP contribution >= 0.6 is 0 Å². The van der Waals surface area contributed by atoms with Crippen LogP contribution in [0.3, 0.4) is 0 Å². The molecule has 5 heteroatoms. The number of carbonyl (C=O) groups is 1. The minimum Gasteiger partial charge on any atom is -0.383 e.